The highest BCUT2D eigenvalue weighted by molar-refractivity contribution is 5.49. The Kier molecular flexibility index (Phi) is 2.66. The number of hydrogen-bond donors (Lipinski definition) is 2. The van der Waals surface area contributed by atoms with Gasteiger partial charge in [0.05, 0.1) is 0 Å². The fourth-order valence-electron chi connectivity index (χ4n) is 1.05. The van der Waals surface area contributed by atoms with Crippen LogP contribution in [0.3, 0.4) is 0 Å². The first kappa shape index (κ1) is 10.8. The van der Waals surface area contributed by atoms with Gasteiger partial charge in [0.25, 0.3) is 0 Å². The van der Waals surface area contributed by atoms with Gasteiger partial charge in [0, 0.05) is 11.3 Å². The Labute approximate surface area is 77.5 Å². The second-order valence-corrected chi connectivity index (χ2v) is 2.76. The third-order valence-corrected chi connectivity index (χ3v) is 1.75. The molecule has 0 fully saturated rings. The molecule has 4 N–H and O–H groups in total. The molecule has 14 heavy (non-hydrogen) atoms. The van der Waals surface area contributed by atoms with Crippen molar-refractivity contribution in [1.29, 1.82) is 0 Å². The SMILES string of the molecule is Nc1cccc(F)c1[C@@H](N)C(F)(F)F. The molecule has 0 saturated heterocycles. The van der Waals surface area contributed by atoms with Crippen LogP contribution in [-0.2, 0) is 0 Å². The van der Waals surface area contributed by atoms with Crippen molar-refractivity contribution < 1.29 is 17.6 Å². The summed E-state index contributed by atoms with van der Waals surface area (Å²) in [6, 6.07) is 0.891. The van der Waals surface area contributed by atoms with Gasteiger partial charge < -0.3 is 11.5 Å². The number of nitrogen functional groups attached to an aromatic ring is 1. The molecule has 2 nitrogen and oxygen atoms in total. The standard InChI is InChI=1S/C8H8F4N2/c9-4-2-1-3-5(13)6(4)7(14)8(10,11)12/h1-3,7H,13-14H2/t7-/m1/s1. The molecule has 1 aromatic rings. The Morgan fingerprint density at radius 1 is 1.21 bits per heavy atom. The normalized spacial score (nSPS) is 14.1. The molecule has 1 aromatic carbocycles. The quantitative estimate of drug-likeness (QED) is 0.547. The van der Waals surface area contributed by atoms with Crippen LogP contribution in [0.2, 0.25) is 0 Å². The molecule has 0 unspecified atom stereocenters. The lowest BCUT2D eigenvalue weighted by Crippen LogP contribution is -2.30. The molecule has 0 bridgehead atoms. The second kappa shape index (κ2) is 3.45. The number of halogens is 4. The maximum Gasteiger partial charge on any atom is 0.407 e. The average molecular weight is 208 g/mol. The molecule has 78 valence electrons. The number of nitrogens with two attached hydrogens (primary N) is 2. The molecule has 1 atom stereocenters. The molecule has 6 heteroatoms. The average Bonchev–Trinajstić information content (AvgIpc) is 2.01. The Hall–Kier alpha value is -1.30. The predicted octanol–water partition coefficient (Wildman–Crippen LogP) is 1.97. The van der Waals surface area contributed by atoms with E-state index in [0.29, 0.717) is 0 Å². The van der Waals surface area contributed by atoms with E-state index in [1.165, 1.54) is 12.1 Å². The molecule has 0 aliphatic carbocycles. The highest BCUT2D eigenvalue weighted by atomic mass is 19.4. The van der Waals surface area contributed by atoms with Crippen molar-refractivity contribution in [2.45, 2.75) is 12.2 Å². The number of anilines is 1. The largest absolute Gasteiger partial charge is 0.407 e. The summed E-state index contributed by atoms with van der Waals surface area (Å²) in [6.45, 7) is 0. The van der Waals surface area contributed by atoms with Crippen molar-refractivity contribution in [1.82, 2.24) is 0 Å². The molecule has 0 aliphatic heterocycles. The molecule has 0 aliphatic rings. The molecular formula is C8H8F4N2. The molecule has 0 saturated carbocycles. The fourth-order valence-corrected chi connectivity index (χ4v) is 1.05. The molecule has 0 heterocycles. The number of hydrogen-bond acceptors (Lipinski definition) is 2. The van der Waals surface area contributed by atoms with Crippen LogP contribution < -0.4 is 11.5 Å². The Morgan fingerprint density at radius 3 is 2.21 bits per heavy atom. The lowest BCUT2D eigenvalue weighted by Gasteiger charge is -2.18. The van der Waals surface area contributed by atoms with E-state index in [0.717, 1.165) is 6.07 Å². The van der Waals surface area contributed by atoms with Crippen molar-refractivity contribution >= 4 is 5.69 Å². The third kappa shape index (κ3) is 1.95. The van der Waals surface area contributed by atoms with Crippen molar-refractivity contribution in [3.63, 3.8) is 0 Å². The molecule has 1 rings (SSSR count). The van der Waals surface area contributed by atoms with Crippen LogP contribution in [0.5, 0.6) is 0 Å². The zero-order chi connectivity index (χ0) is 10.9. The van der Waals surface area contributed by atoms with E-state index in [2.05, 4.69) is 0 Å². The topological polar surface area (TPSA) is 52.0 Å². The highest BCUT2D eigenvalue weighted by Gasteiger charge is 2.40. The van der Waals surface area contributed by atoms with Crippen LogP contribution in [0.25, 0.3) is 0 Å². The maximum absolute atomic E-state index is 13.0. The van der Waals surface area contributed by atoms with Gasteiger partial charge in [-0.05, 0) is 12.1 Å². The summed E-state index contributed by atoms with van der Waals surface area (Å²) in [5.74, 6) is -1.05. The minimum Gasteiger partial charge on any atom is -0.398 e. The lowest BCUT2D eigenvalue weighted by atomic mass is 10.0. The van der Waals surface area contributed by atoms with Crippen LogP contribution in [-0.4, -0.2) is 6.18 Å². The van der Waals surface area contributed by atoms with Crippen LogP contribution >= 0.6 is 0 Å². The fraction of sp³-hybridized carbons (Fsp3) is 0.250. The number of rotatable bonds is 1. The van der Waals surface area contributed by atoms with E-state index in [9.17, 15) is 17.6 Å². The van der Waals surface area contributed by atoms with Crippen molar-refractivity contribution in [3.8, 4) is 0 Å². The highest BCUT2D eigenvalue weighted by Crippen LogP contribution is 2.34. The van der Waals surface area contributed by atoms with Gasteiger partial charge in [-0.15, -0.1) is 0 Å². The van der Waals surface area contributed by atoms with Crippen LogP contribution in [0.4, 0.5) is 23.2 Å². The summed E-state index contributed by atoms with van der Waals surface area (Å²) in [6.07, 6.45) is -4.70. The Bertz CT molecular complexity index is 314. The van der Waals surface area contributed by atoms with Crippen LogP contribution in [0, 0.1) is 5.82 Å². The van der Waals surface area contributed by atoms with Crippen molar-refractivity contribution in [3.05, 3.63) is 29.6 Å². The first-order valence-electron chi connectivity index (χ1n) is 3.70. The van der Waals surface area contributed by atoms with Gasteiger partial charge in [-0.3, -0.25) is 0 Å². The molecule has 0 spiro atoms. The van der Waals surface area contributed by atoms with E-state index >= 15 is 0 Å². The monoisotopic (exact) mass is 208 g/mol. The van der Waals surface area contributed by atoms with Gasteiger partial charge in [-0.2, -0.15) is 13.2 Å². The smallest absolute Gasteiger partial charge is 0.398 e. The van der Waals surface area contributed by atoms with Gasteiger partial charge in [0.2, 0.25) is 0 Å². The summed E-state index contributed by atoms with van der Waals surface area (Å²) >= 11 is 0. The van der Waals surface area contributed by atoms with E-state index in [1.807, 2.05) is 0 Å². The van der Waals surface area contributed by atoms with Crippen molar-refractivity contribution in [2.75, 3.05) is 5.73 Å². The number of alkyl halides is 3. The number of benzene rings is 1. The lowest BCUT2D eigenvalue weighted by molar-refractivity contribution is -0.149. The summed E-state index contributed by atoms with van der Waals surface area (Å²) < 4.78 is 49.4. The van der Waals surface area contributed by atoms with Gasteiger partial charge in [-0.1, -0.05) is 6.07 Å². The summed E-state index contributed by atoms with van der Waals surface area (Å²) in [5, 5.41) is 0. The van der Waals surface area contributed by atoms with E-state index in [4.69, 9.17) is 11.5 Å². The van der Waals surface area contributed by atoms with Gasteiger partial charge in [-0.25, -0.2) is 4.39 Å². The summed E-state index contributed by atoms with van der Waals surface area (Å²) in [7, 11) is 0. The Balaban J connectivity index is 3.19. The minimum atomic E-state index is -4.70. The zero-order valence-corrected chi connectivity index (χ0v) is 6.98. The first-order valence-corrected chi connectivity index (χ1v) is 3.70. The third-order valence-electron chi connectivity index (χ3n) is 1.75. The van der Waals surface area contributed by atoms with E-state index in [1.54, 1.807) is 0 Å². The minimum absolute atomic E-state index is 0.296. The Morgan fingerprint density at radius 2 is 1.79 bits per heavy atom. The first-order chi connectivity index (χ1) is 6.34. The van der Waals surface area contributed by atoms with E-state index in [-0.39, 0.29) is 5.69 Å². The van der Waals surface area contributed by atoms with Crippen molar-refractivity contribution in [2.24, 2.45) is 5.73 Å². The van der Waals surface area contributed by atoms with Crippen LogP contribution in [0.1, 0.15) is 11.6 Å². The van der Waals surface area contributed by atoms with Crippen LogP contribution in [0.15, 0.2) is 18.2 Å². The van der Waals surface area contributed by atoms with Gasteiger partial charge in [0.15, 0.2) is 0 Å². The second-order valence-electron chi connectivity index (χ2n) is 2.76. The predicted molar refractivity (Wildman–Crippen MR) is 43.8 cm³/mol. The van der Waals surface area contributed by atoms with Gasteiger partial charge in [0.1, 0.15) is 11.9 Å². The molecule has 0 aromatic heterocycles. The van der Waals surface area contributed by atoms with E-state index < -0.39 is 23.6 Å². The molecule has 0 amide bonds. The molecule has 0 radical (unpaired) electrons. The zero-order valence-electron chi connectivity index (χ0n) is 6.98. The maximum atomic E-state index is 13.0. The molecular weight excluding hydrogens is 200 g/mol. The summed E-state index contributed by atoms with van der Waals surface area (Å²) in [5.41, 5.74) is 9.02. The summed E-state index contributed by atoms with van der Waals surface area (Å²) in [4.78, 5) is 0. The van der Waals surface area contributed by atoms with Gasteiger partial charge >= 0.3 is 6.18 Å².